The second kappa shape index (κ2) is 10.5. The van der Waals surface area contributed by atoms with E-state index in [0.717, 1.165) is 24.6 Å². The highest BCUT2D eigenvalue weighted by Gasteiger charge is 2.22. The number of anilines is 1. The van der Waals surface area contributed by atoms with Crippen molar-refractivity contribution in [2.24, 2.45) is 0 Å². The van der Waals surface area contributed by atoms with Gasteiger partial charge in [-0.05, 0) is 66.9 Å². The van der Waals surface area contributed by atoms with Crippen LogP contribution in [0.1, 0.15) is 27.9 Å². The smallest absolute Gasteiger partial charge is 0.261 e. The largest absolute Gasteiger partial charge is 0.337 e. The Kier molecular flexibility index (Phi) is 7.47. The van der Waals surface area contributed by atoms with Gasteiger partial charge in [-0.1, -0.05) is 24.3 Å². The van der Waals surface area contributed by atoms with Gasteiger partial charge in [-0.25, -0.2) is 17.2 Å². The molecular weight excluding hydrogens is 472 g/mol. The summed E-state index contributed by atoms with van der Waals surface area (Å²) >= 11 is 0. The summed E-state index contributed by atoms with van der Waals surface area (Å²) in [5.74, 6) is -1.06. The van der Waals surface area contributed by atoms with Crippen LogP contribution >= 0.6 is 0 Å². The highest BCUT2D eigenvalue weighted by atomic mass is 32.2. The van der Waals surface area contributed by atoms with Gasteiger partial charge in [0.1, 0.15) is 11.6 Å². The summed E-state index contributed by atoms with van der Waals surface area (Å²) in [7, 11) is -4.01. The van der Waals surface area contributed by atoms with E-state index in [2.05, 4.69) is 9.62 Å². The zero-order chi connectivity index (χ0) is 25.0. The summed E-state index contributed by atoms with van der Waals surface area (Å²) in [6.45, 7) is 4.83. The highest BCUT2D eigenvalue weighted by molar-refractivity contribution is 7.92. The summed E-state index contributed by atoms with van der Waals surface area (Å²) < 4.78 is 54.8. The van der Waals surface area contributed by atoms with Gasteiger partial charge in [0.2, 0.25) is 0 Å². The molecule has 0 radical (unpaired) electrons. The van der Waals surface area contributed by atoms with Crippen molar-refractivity contribution >= 4 is 21.6 Å². The van der Waals surface area contributed by atoms with Gasteiger partial charge in [-0.2, -0.15) is 0 Å². The molecule has 1 heterocycles. The van der Waals surface area contributed by atoms with Crippen LogP contribution in [-0.2, 0) is 16.6 Å². The van der Waals surface area contributed by atoms with Crippen molar-refractivity contribution in [3.05, 3.63) is 95.1 Å². The molecule has 9 heteroatoms. The van der Waals surface area contributed by atoms with Crippen molar-refractivity contribution in [3.63, 3.8) is 0 Å². The van der Waals surface area contributed by atoms with Crippen LogP contribution in [0.15, 0.2) is 71.6 Å². The standard InChI is InChI=1S/C26H27F2N3O3S/c1-19-6-11-24(17-25(19)28)35(33,34)29-23-5-2-4-21(16-23)26(32)31-13-3-12-30(14-15-31)18-20-7-9-22(27)10-8-20/h2,4-11,16-17,29H,3,12-15,18H2,1H3. The molecule has 4 rings (SSSR count). The minimum Gasteiger partial charge on any atom is -0.337 e. The molecular formula is C26H27F2N3O3S. The summed E-state index contributed by atoms with van der Waals surface area (Å²) in [4.78, 5) is 17.0. The Labute approximate surface area is 204 Å². The molecule has 35 heavy (non-hydrogen) atoms. The van der Waals surface area contributed by atoms with E-state index in [-0.39, 0.29) is 22.3 Å². The van der Waals surface area contributed by atoms with E-state index in [9.17, 15) is 22.0 Å². The number of sulfonamides is 1. The molecule has 0 aromatic heterocycles. The number of nitrogens with zero attached hydrogens (tertiary/aromatic N) is 2. The zero-order valence-electron chi connectivity index (χ0n) is 19.4. The molecule has 1 fully saturated rings. The Morgan fingerprint density at radius 2 is 1.71 bits per heavy atom. The fourth-order valence-corrected chi connectivity index (χ4v) is 5.09. The first-order chi connectivity index (χ1) is 16.7. The Hall–Kier alpha value is -3.30. The lowest BCUT2D eigenvalue weighted by Gasteiger charge is -2.22. The maximum atomic E-state index is 13.9. The van der Waals surface area contributed by atoms with Crippen LogP contribution in [0.25, 0.3) is 0 Å². The minimum absolute atomic E-state index is 0.184. The molecule has 0 spiro atoms. The average molecular weight is 500 g/mol. The van der Waals surface area contributed by atoms with E-state index in [1.165, 1.54) is 30.3 Å². The molecule has 1 aliphatic rings. The molecule has 3 aromatic carbocycles. The van der Waals surface area contributed by atoms with Crippen LogP contribution in [-0.4, -0.2) is 50.3 Å². The lowest BCUT2D eigenvalue weighted by molar-refractivity contribution is 0.0761. The van der Waals surface area contributed by atoms with Crippen LogP contribution in [0.2, 0.25) is 0 Å². The van der Waals surface area contributed by atoms with Gasteiger partial charge in [0.05, 0.1) is 4.90 Å². The number of aryl methyl sites for hydroxylation is 1. The van der Waals surface area contributed by atoms with Crippen molar-refractivity contribution in [2.45, 2.75) is 24.8 Å². The molecule has 1 saturated heterocycles. The molecule has 3 aromatic rings. The predicted molar refractivity (Wildman–Crippen MR) is 131 cm³/mol. The van der Waals surface area contributed by atoms with Gasteiger partial charge >= 0.3 is 0 Å². The lowest BCUT2D eigenvalue weighted by Crippen LogP contribution is -2.35. The van der Waals surface area contributed by atoms with Crippen molar-refractivity contribution in [1.29, 1.82) is 0 Å². The third-order valence-electron chi connectivity index (χ3n) is 6.01. The fraction of sp³-hybridized carbons (Fsp3) is 0.269. The number of nitrogens with one attached hydrogen (secondary N) is 1. The lowest BCUT2D eigenvalue weighted by atomic mass is 10.1. The normalized spacial score (nSPS) is 15.0. The summed E-state index contributed by atoms with van der Waals surface area (Å²) in [6.07, 6.45) is 0.790. The van der Waals surface area contributed by atoms with E-state index in [1.54, 1.807) is 42.2 Å². The first kappa shape index (κ1) is 24.8. The van der Waals surface area contributed by atoms with Crippen molar-refractivity contribution in [1.82, 2.24) is 9.80 Å². The van der Waals surface area contributed by atoms with E-state index < -0.39 is 15.8 Å². The Balaban J connectivity index is 1.41. The van der Waals surface area contributed by atoms with Crippen LogP contribution in [0.3, 0.4) is 0 Å². The second-order valence-corrected chi connectivity index (χ2v) is 10.3. The number of rotatable bonds is 6. The number of hydrogen-bond acceptors (Lipinski definition) is 4. The Morgan fingerprint density at radius 1 is 0.943 bits per heavy atom. The zero-order valence-corrected chi connectivity index (χ0v) is 20.2. The highest BCUT2D eigenvalue weighted by Crippen LogP contribution is 2.21. The van der Waals surface area contributed by atoms with Crippen molar-refractivity contribution < 1.29 is 22.0 Å². The van der Waals surface area contributed by atoms with E-state index >= 15 is 0 Å². The summed E-state index contributed by atoms with van der Waals surface area (Å²) in [5.41, 5.74) is 1.96. The van der Waals surface area contributed by atoms with Gasteiger partial charge in [0.15, 0.2) is 0 Å². The van der Waals surface area contributed by atoms with Crippen LogP contribution in [0, 0.1) is 18.6 Å². The molecule has 184 valence electrons. The summed E-state index contributed by atoms with van der Waals surface area (Å²) in [5, 5.41) is 0. The SMILES string of the molecule is Cc1ccc(S(=O)(=O)Nc2cccc(C(=O)N3CCCN(Cc4ccc(F)cc4)CC3)c2)cc1F. The maximum Gasteiger partial charge on any atom is 0.261 e. The topological polar surface area (TPSA) is 69.7 Å². The fourth-order valence-electron chi connectivity index (χ4n) is 4.03. The van der Waals surface area contributed by atoms with Gasteiger partial charge in [-0.3, -0.25) is 14.4 Å². The van der Waals surface area contributed by atoms with Gasteiger partial charge in [-0.15, -0.1) is 0 Å². The third-order valence-corrected chi connectivity index (χ3v) is 7.39. The monoisotopic (exact) mass is 499 g/mol. The molecule has 1 aliphatic heterocycles. The molecule has 1 amide bonds. The van der Waals surface area contributed by atoms with Crippen LogP contribution in [0.5, 0.6) is 0 Å². The van der Waals surface area contributed by atoms with Crippen molar-refractivity contribution in [2.75, 3.05) is 30.9 Å². The number of carbonyl (C=O) groups excluding carboxylic acids is 1. The number of carbonyl (C=O) groups is 1. The quantitative estimate of drug-likeness (QED) is 0.545. The molecule has 6 nitrogen and oxygen atoms in total. The van der Waals surface area contributed by atoms with E-state index in [1.807, 2.05) is 0 Å². The average Bonchev–Trinajstić information content (AvgIpc) is 3.07. The van der Waals surface area contributed by atoms with Crippen LogP contribution in [0.4, 0.5) is 14.5 Å². The summed E-state index contributed by atoms with van der Waals surface area (Å²) in [6, 6.07) is 16.4. The van der Waals surface area contributed by atoms with E-state index in [0.29, 0.717) is 37.3 Å². The second-order valence-electron chi connectivity index (χ2n) is 8.65. The molecule has 0 bridgehead atoms. The molecule has 0 aliphatic carbocycles. The van der Waals surface area contributed by atoms with Crippen LogP contribution < -0.4 is 4.72 Å². The maximum absolute atomic E-state index is 13.9. The van der Waals surface area contributed by atoms with Gasteiger partial charge in [0, 0.05) is 44.0 Å². The Morgan fingerprint density at radius 3 is 2.46 bits per heavy atom. The predicted octanol–water partition coefficient (Wildman–Crippen LogP) is 4.42. The first-order valence-corrected chi connectivity index (χ1v) is 12.8. The first-order valence-electron chi connectivity index (χ1n) is 11.4. The molecule has 0 atom stereocenters. The number of halogens is 2. The van der Waals surface area contributed by atoms with E-state index in [4.69, 9.17) is 0 Å². The minimum atomic E-state index is -4.01. The number of amides is 1. The number of hydrogen-bond donors (Lipinski definition) is 1. The molecule has 0 saturated carbocycles. The van der Waals surface area contributed by atoms with Crippen molar-refractivity contribution in [3.8, 4) is 0 Å². The third kappa shape index (κ3) is 6.23. The Bertz CT molecular complexity index is 1310. The number of benzene rings is 3. The molecule has 1 N–H and O–H groups in total. The molecule has 0 unspecified atom stereocenters. The van der Waals surface area contributed by atoms with Gasteiger partial charge in [0.25, 0.3) is 15.9 Å². The van der Waals surface area contributed by atoms with Gasteiger partial charge < -0.3 is 4.90 Å².